The number of likely N-dealkylation sites (N-methyl/N-ethyl adjacent to an activating group) is 2. The number of benzene rings is 1. The molecular formula is C26H38N6O9. The van der Waals surface area contributed by atoms with E-state index in [1.54, 1.807) is 19.0 Å². The van der Waals surface area contributed by atoms with Gasteiger partial charge in [-0.15, -0.1) is 0 Å². The molecule has 0 saturated carbocycles. The van der Waals surface area contributed by atoms with E-state index >= 15 is 0 Å². The van der Waals surface area contributed by atoms with Crippen LogP contribution in [0.4, 0.5) is 4.79 Å². The van der Waals surface area contributed by atoms with Gasteiger partial charge in [0.25, 0.3) is 5.91 Å². The molecule has 1 aromatic rings. The highest BCUT2D eigenvalue weighted by Crippen LogP contribution is 2.38. The van der Waals surface area contributed by atoms with E-state index in [0.717, 1.165) is 4.90 Å². The van der Waals surface area contributed by atoms with Gasteiger partial charge >= 0.3 is 12.0 Å². The van der Waals surface area contributed by atoms with Gasteiger partial charge in [0.2, 0.25) is 5.75 Å². The average Bonchev–Trinajstić information content (AvgIpc) is 3.34. The molecule has 15 nitrogen and oxygen atoms in total. The van der Waals surface area contributed by atoms with Gasteiger partial charge in [0.15, 0.2) is 29.7 Å². The van der Waals surface area contributed by atoms with Crippen molar-refractivity contribution >= 4 is 23.9 Å². The number of esters is 1. The van der Waals surface area contributed by atoms with Crippen molar-refractivity contribution in [3.63, 3.8) is 0 Å². The molecular weight excluding hydrogens is 540 g/mol. The van der Waals surface area contributed by atoms with Crippen molar-refractivity contribution in [2.75, 3.05) is 87.9 Å². The molecule has 3 amide bonds. The Balaban J connectivity index is 1.37. The van der Waals surface area contributed by atoms with Crippen molar-refractivity contribution in [3.8, 4) is 17.2 Å². The summed E-state index contributed by atoms with van der Waals surface area (Å²) in [6.45, 7) is 2.31. The molecule has 226 valence electrons. The number of amides is 3. The number of β-amino-alcohol motifs (C(OH)–C–C–N with tert-alkyl or cyclic N) is 1. The second-order valence-electron chi connectivity index (χ2n) is 9.96. The van der Waals surface area contributed by atoms with Gasteiger partial charge in [0.1, 0.15) is 6.61 Å². The van der Waals surface area contributed by atoms with Crippen molar-refractivity contribution in [2.24, 2.45) is 4.99 Å². The Kier molecular flexibility index (Phi) is 9.40. The molecule has 2 fully saturated rings. The molecule has 0 spiro atoms. The van der Waals surface area contributed by atoms with Crippen LogP contribution < -0.4 is 14.2 Å². The highest BCUT2D eigenvalue weighted by Gasteiger charge is 2.52. The van der Waals surface area contributed by atoms with Gasteiger partial charge < -0.3 is 43.9 Å². The lowest BCUT2D eigenvalue weighted by molar-refractivity contribution is -0.137. The largest absolute Gasteiger partial charge is 0.493 e. The van der Waals surface area contributed by atoms with Crippen LogP contribution in [0, 0.1) is 0 Å². The quantitative estimate of drug-likeness (QED) is 0.318. The van der Waals surface area contributed by atoms with Gasteiger partial charge in [-0.05, 0) is 12.1 Å². The molecule has 4 rings (SSSR count). The average molecular weight is 579 g/mol. The summed E-state index contributed by atoms with van der Waals surface area (Å²) in [6.07, 6.45) is -1.47. The third kappa shape index (κ3) is 5.96. The zero-order valence-electron chi connectivity index (χ0n) is 24.0. The smallest absolute Gasteiger partial charge is 0.338 e. The van der Waals surface area contributed by atoms with Gasteiger partial charge in [-0.25, -0.2) is 14.6 Å². The van der Waals surface area contributed by atoms with E-state index in [2.05, 4.69) is 9.80 Å². The summed E-state index contributed by atoms with van der Waals surface area (Å²) in [6, 6.07) is 1.68. The fourth-order valence-electron chi connectivity index (χ4n) is 5.26. The molecule has 15 heteroatoms. The number of ether oxygens (including phenoxy) is 4. The number of nitrogens with zero attached hydrogens (tertiary/aromatic N) is 6. The third-order valence-corrected chi connectivity index (χ3v) is 7.49. The van der Waals surface area contributed by atoms with Crippen LogP contribution in [0.2, 0.25) is 0 Å². The molecule has 41 heavy (non-hydrogen) atoms. The van der Waals surface area contributed by atoms with Crippen LogP contribution in [0.3, 0.4) is 0 Å². The number of urea groups is 1. The summed E-state index contributed by atoms with van der Waals surface area (Å²) in [7, 11) is 7.69. The van der Waals surface area contributed by atoms with Crippen molar-refractivity contribution in [2.45, 2.75) is 18.3 Å². The zero-order chi connectivity index (χ0) is 29.8. The molecule has 2 saturated heterocycles. The number of aliphatic imine (C=N–C) groups is 1. The maximum absolute atomic E-state index is 13.5. The van der Waals surface area contributed by atoms with Gasteiger partial charge in [0, 0.05) is 46.8 Å². The van der Waals surface area contributed by atoms with Gasteiger partial charge in [-0.2, -0.15) is 0 Å². The molecule has 0 aromatic heterocycles. The van der Waals surface area contributed by atoms with E-state index in [9.17, 15) is 19.5 Å². The highest BCUT2D eigenvalue weighted by atomic mass is 16.5. The minimum atomic E-state index is -0.791. The topological polar surface area (TPSA) is 157 Å². The van der Waals surface area contributed by atoms with E-state index < -0.39 is 36.2 Å². The summed E-state index contributed by atoms with van der Waals surface area (Å²) in [5, 5.41) is 18.8. The fraction of sp³-hybridized carbons (Fsp3) is 0.615. The summed E-state index contributed by atoms with van der Waals surface area (Å²) >= 11 is 0. The van der Waals surface area contributed by atoms with Crippen molar-refractivity contribution in [1.82, 2.24) is 24.5 Å². The number of guanidine groups is 1. The van der Waals surface area contributed by atoms with E-state index in [-0.39, 0.29) is 36.8 Å². The van der Waals surface area contributed by atoms with E-state index in [1.165, 1.54) is 38.4 Å². The van der Waals surface area contributed by atoms with E-state index in [1.807, 2.05) is 0 Å². The fourth-order valence-corrected chi connectivity index (χ4v) is 5.26. The first-order valence-corrected chi connectivity index (χ1v) is 13.3. The Hall–Kier alpha value is -3.82. The number of rotatable bonds is 10. The predicted molar refractivity (Wildman–Crippen MR) is 145 cm³/mol. The molecule has 3 heterocycles. The minimum absolute atomic E-state index is 0.129. The molecule has 2 unspecified atom stereocenters. The molecule has 1 aromatic carbocycles. The van der Waals surface area contributed by atoms with Crippen LogP contribution in [-0.4, -0.2) is 165 Å². The standard InChI is InChI=1S/C26H38N6O9/c1-28-20-22(27-25(28)31-8-6-30(7-9-31)14-17(34)15-33)29(2)26(37)32(23(20)35)10-11-41-24(36)16-12-18(38-3)21(40-5)19(13-16)39-4/h12-13,17,20,22,33-34H,6-11,14-15H2,1-5H3/t17-,20?,22?/m0/s1. The molecule has 3 atom stereocenters. The number of hydrogen-bond donors (Lipinski definition) is 2. The lowest BCUT2D eigenvalue weighted by atomic mass is 10.1. The molecule has 2 N–H and O–H groups in total. The summed E-state index contributed by atoms with van der Waals surface area (Å²) in [5.41, 5.74) is 0.160. The Morgan fingerprint density at radius 1 is 1.02 bits per heavy atom. The number of carbonyl (C=O) groups excluding carboxylic acids is 3. The zero-order valence-corrected chi connectivity index (χ0v) is 24.0. The van der Waals surface area contributed by atoms with Crippen molar-refractivity contribution < 1.29 is 43.5 Å². The Bertz CT molecular complexity index is 1150. The highest BCUT2D eigenvalue weighted by molar-refractivity contribution is 6.03. The number of imide groups is 1. The number of methoxy groups -OCH3 is 3. The number of carbonyl (C=O) groups is 3. The summed E-state index contributed by atoms with van der Waals surface area (Å²) in [4.78, 5) is 52.5. The SMILES string of the molecule is COc1cc(C(=O)OCCN2C(=O)C3C(N=C(N4CCN(C[C@H](O)CO)CC4)N3C)N(C)C2=O)cc(OC)c1OC. The number of hydrogen-bond acceptors (Lipinski definition) is 13. The number of aliphatic hydroxyl groups is 2. The lowest BCUT2D eigenvalue weighted by Gasteiger charge is -2.41. The number of aliphatic hydroxyl groups excluding tert-OH is 2. The first-order valence-electron chi connectivity index (χ1n) is 13.3. The normalized spacial score (nSPS) is 22.0. The van der Waals surface area contributed by atoms with Crippen molar-refractivity contribution in [3.05, 3.63) is 17.7 Å². The molecule has 0 radical (unpaired) electrons. The minimum Gasteiger partial charge on any atom is -0.493 e. The van der Waals surface area contributed by atoms with Crippen LogP contribution in [0.15, 0.2) is 17.1 Å². The van der Waals surface area contributed by atoms with E-state index in [4.69, 9.17) is 29.0 Å². The first kappa shape index (κ1) is 30.1. The molecule has 0 aliphatic carbocycles. The van der Waals surface area contributed by atoms with Crippen LogP contribution in [0.5, 0.6) is 17.2 Å². The van der Waals surface area contributed by atoms with Crippen LogP contribution >= 0.6 is 0 Å². The van der Waals surface area contributed by atoms with Crippen LogP contribution in [-0.2, 0) is 9.53 Å². The Labute approximate surface area is 238 Å². The Morgan fingerprint density at radius 2 is 1.66 bits per heavy atom. The van der Waals surface area contributed by atoms with Crippen molar-refractivity contribution in [1.29, 1.82) is 0 Å². The number of fused-ring (bicyclic) bond motifs is 1. The molecule has 3 aliphatic heterocycles. The monoisotopic (exact) mass is 578 g/mol. The van der Waals surface area contributed by atoms with Gasteiger partial charge in [-0.3, -0.25) is 14.6 Å². The van der Waals surface area contributed by atoms with Crippen LogP contribution in [0.1, 0.15) is 10.4 Å². The predicted octanol–water partition coefficient (Wildman–Crippen LogP) is -1.27. The number of piperazine rings is 1. The summed E-state index contributed by atoms with van der Waals surface area (Å²) in [5.74, 6) is 0.424. The second-order valence-corrected chi connectivity index (χ2v) is 9.96. The van der Waals surface area contributed by atoms with Gasteiger partial charge in [0.05, 0.1) is 46.1 Å². The van der Waals surface area contributed by atoms with Crippen LogP contribution in [0.25, 0.3) is 0 Å². The maximum Gasteiger partial charge on any atom is 0.338 e. The molecule has 0 bridgehead atoms. The van der Waals surface area contributed by atoms with Gasteiger partial charge in [-0.1, -0.05) is 0 Å². The first-order chi connectivity index (χ1) is 19.6. The third-order valence-electron chi connectivity index (χ3n) is 7.49. The Morgan fingerprint density at radius 3 is 2.22 bits per heavy atom. The van der Waals surface area contributed by atoms with E-state index in [0.29, 0.717) is 44.4 Å². The molecule has 3 aliphatic rings. The maximum atomic E-state index is 13.5. The summed E-state index contributed by atoms with van der Waals surface area (Å²) < 4.78 is 21.2. The lowest BCUT2D eigenvalue weighted by Crippen LogP contribution is -2.65. The second kappa shape index (κ2) is 12.8.